The smallest absolute Gasteiger partial charge is 0.314 e. The van der Waals surface area contributed by atoms with Gasteiger partial charge in [0.1, 0.15) is 0 Å². The van der Waals surface area contributed by atoms with Crippen molar-refractivity contribution in [1.29, 1.82) is 0 Å². The molecule has 0 N–H and O–H groups in total. The maximum absolute atomic E-state index is 11.9. The van der Waals surface area contributed by atoms with Gasteiger partial charge in [-0.15, -0.1) is 0 Å². The van der Waals surface area contributed by atoms with Crippen molar-refractivity contribution in [3.05, 3.63) is 58.9 Å². The summed E-state index contributed by atoms with van der Waals surface area (Å²) in [5.41, 5.74) is 4.29. The first-order valence-corrected chi connectivity index (χ1v) is 7.91. The molecule has 1 aromatic carbocycles. The first-order valence-electron chi connectivity index (χ1n) is 7.50. The highest BCUT2D eigenvalue weighted by molar-refractivity contribution is 7.81. The Morgan fingerprint density at radius 2 is 1.95 bits per heavy atom. The number of carbonyl (C=O) groups excluding carboxylic acids is 1. The van der Waals surface area contributed by atoms with Crippen molar-refractivity contribution >= 4 is 23.1 Å². The highest BCUT2D eigenvalue weighted by Crippen LogP contribution is 2.31. The molecular weight excluding hydrogens is 294 g/mol. The number of benzene rings is 1. The van der Waals surface area contributed by atoms with Crippen LogP contribution in [-0.4, -0.2) is 22.5 Å². The lowest BCUT2D eigenvalue weighted by molar-refractivity contribution is -0.143. The van der Waals surface area contributed by atoms with Gasteiger partial charge in [-0.2, -0.15) is 0 Å². The molecule has 0 saturated carbocycles. The summed E-state index contributed by atoms with van der Waals surface area (Å²) in [5.74, 6) is -0.333. The summed E-state index contributed by atoms with van der Waals surface area (Å²) >= 11 is 5.67. The van der Waals surface area contributed by atoms with Crippen LogP contribution in [0.1, 0.15) is 41.3 Å². The van der Waals surface area contributed by atoms with E-state index in [1.54, 1.807) is 0 Å². The Bertz CT molecular complexity index is 715. The molecule has 4 heteroatoms. The first kappa shape index (κ1) is 15.0. The zero-order valence-corrected chi connectivity index (χ0v) is 13.7. The maximum Gasteiger partial charge on any atom is 0.314 e. The van der Waals surface area contributed by atoms with Gasteiger partial charge in [0, 0.05) is 12.2 Å². The molecule has 0 amide bonds. The summed E-state index contributed by atoms with van der Waals surface area (Å²) in [5, 5.41) is 0. The second-order valence-corrected chi connectivity index (χ2v) is 6.12. The Balaban J connectivity index is 1.96. The topological polar surface area (TPSA) is 31.2 Å². The van der Waals surface area contributed by atoms with E-state index in [1.807, 2.05) is 12.1 Å². The van der Waals surface area contributed by atoms with Crippen molar-refractivity contribution in [1.82, 2.24) is 4.57 Å². The number of rotatable bonds is 3. The Labute approximate surface area is 135 Å². The van der Waals surface area contributed by atoms with Crippen LogP contribution in [0, 0.1) is 6.92 Å². The molecule has 1 aromatic heterocycles. The van der Waals surface area contributed by atoms with Crippen LogP contribution in [0.3, 0.4) is 0 Å². The number of carbonyl (C=O) groups is 1. The third-order valence-corrected chi connectivity index (χ3v) is 4.72. The van der Waals surface area contributed by atoms with E-state index in [0.29, 0.717) is 0 Å². The summed E-state index contributed by atoms with van der Waals surface area (Å²) in [6.07, 6.45) is 1.80. The monoisotopic (exact) mass is 313 g/mol. The van der Waals surface area contributed by atoms with Gasteiger partial charge in [0.25, 0.3) is 0 Å². The average Bonchev–Trinajstić information content (AvgIpc) is 2.98. The quantitative estimate of drug-likeness (QED) is 0.493. The van der Waals surface area contributed by atoms with Crippen LogP contribution in [0.5, 0.6) is 0 Å². The predicted octanol–water partition coefficient (Wildman–Crippen LogP) is 3.61. The number of fused-ring (bicyclic) bond motifs is 1. The van der Waals surface area contributed by atoms with Gasteiger partial charge in [-0.05, 0) is 37.5 Å². The number of esters is 1. The molecule has 1 aliphatic rings. The number of hydrogen-bond donors (Lipinski definition) is 0. The van der Waals surface area contributed by atoms with E-state index < -0.39 is 0 Å². The van der Waals surface area contributed by atoms with Gasteiger partial charge in [0.05, 0.1) is 23.6 Å². The second-order valence-electron chi connectivity index (χ2n) is 5.71. The molecule has 0 saturated heterocycles. The molecule has 1 unspecified atom stereocenters. The molecule has 1 aliphatic heterocycles. The Hall–Kier alpha value is -1.94. The Morgan fingerprint density at radius 1 is 1.23 bits per heavy atom. The molecule has 1 atom stereocenters. The van der Waals surface area contributed by atoms with Gasteiger partial charge in [-0.1, -0.05) is 42.0 Å². The number of ether oxygens (including phenoxy) is 1. The lowest BCUT2D eigenvalue weighted by Gasteiger charge is -2.24. The Morgan fingerprint density at radius 3 is 2.64 bits per heavy atom. The highest BCUT2D eigenvalue weighted by atomic mass is 32.1. The fraction of sp³-hybridized carbons (Fsp3) is 0.333. The largest absolute Gasteiger partial charge is 0.469 e. The van der Waals surface area contributed by atoms with Gasteiger partial charge in [-0.25, -0.2) is 0 Å². The van der Waals surface area contributed by atoms with E-state index in [2.05, 4.69) is 35.8 Å². The van der Waals surface area contributed by atoms with E-state index in [4.69, 9.17) is 17.0 Å². The van der Waals surface area contributed by atoms with Crippen LogP contribution >= 0.6 is 12.2 Å². The molecule has 0 radical (unpaired) electrons. The van der Waals surface area contributed by atoms with Crippen LogP contribution < -0.4 is 0 Å². The van der Waals surface area contributed by atoms with Gasteiger partial charge in [-0.3, -0.25) is 4.79 Å². The molecular formula is C18H19NO2S. The second kappa shape index (κ2) is 6.05. The number of aryl methyl sites for hydroxylation is 1. The van der Waals surface area contributed by atoms with Crippen LogP contribution in [0.15, 0.2) is 36.4 Å². The molecule has 22 heavy (non-hydrogen) atoms. The van der Waals surface area contributed by atoms with Crippen molar-refractivity contribution in [2.24, 2.45) is 0 Å². The van der Waals surface area contributed by atoms with Gasteiger partial charge >= 0.3 is 5.97 Å². The van der Waals surface area contributed by atoms with Crippen LogP contribution in [-0.2, 0) is 16.1 Å². The summed E-state index contributed by atoms with van der Waals surface area (Å²) in [7, 11) is 1.45. The van der Waals surface area contributed by atoms with E-state index in [1.165, 1.54) is 12.7 Å². The van der Waals surface area contributed by atoms with Crippen molar-refractivity contribution < 1.29 is 9.53 Å². The molecule has 2 aromatic rings. The fourth-order valence-corrected chi connectivity index (χ4v) is 3.38. The van der Waals surface area contributed by atoms with Crippen molar-refractivity contribution in [2.45, 2.75) is 32.2 Å². The van der Waals surface area contributed by atoms with Gasteiger partial charge in [0.15, 0.2) is 0 Å². The molecule has 2 heterocycles. The third kappa shape index (κ3) is 2.59. The first-order chi connectivity index (χ1) is 10.6. The van der Waals surface area contributed by atoms with Crippen molar-refractivity contribution in [3.63, 3.8) is 0 Å². The summed E-state index contributed by atoms with van der Waals surface area (Å²) in [4.78, 5) is 12.8. The number of thiocarbonyl (C=S) groups is 1. The number of methoxy groups -OCH3 is 1. The average molecular weight is 313 g/mol. The normalized spacial score (nSPS) is 16.9. The zero-order chi connectivity index (χ0) is 15.7. The lowest BCUT2D eigenvalue weighted by atomic mass is 9.96. The SMILES string of the molecule is COC(=O)C1CCCn2c(C(=S)c3ccc(C)cc3)ccc21. The molecule has 0 spiro atoms. The number of nitrogens with zero attached hydrogens (tertiary/aromatic N) is 1. The minimum atomic E-state index is -0.173. The van der Waals surface area contributed by atoms with Crippen LogP contribution in [0.2, 0.25) is 0 Å². The number of hydrogen-bond acceptors (Lipinski definition) is 3. The third-order valence-electron chi connectivity index (χ3n) is 4.28. The molecule has 0 fully saturated rings. The van der Waals surface area contributed by atoms with E-state index in [9.17, 15) is 4.79 Å². The standard InChI is InChI=1S/C18H19NO2S/c1-12-5-7-13(8-6-12)17(22)16-10-9-15-14(18(20)21-2)4-3-11-19(15)16/h5-10,14H,3-4,11H2,1-2H3. The fourth-order valence-electron chi connectivity index (χ4n) is 3.07. The van der Waals surface area contributed by atoms with E-state index in [0.717, 1.165) is 41.2 Å². The molecule has 3 rings (SSSR count). The molecule has 114 valence electrons. The number of aromatic nitrogens is 1. The maximum atomic E-state index is 11.9. The minimum absolute atomic E-state index is 0.160. The summed E-state index contributed by atoms with van der Waals surface area (Å²) < 4.78 is 7.10. The van der Waals surface area contributed by atoms with Crippen molar-refractivity contribution in [2.75, 3.05) is 7.11 Å². The highest BCUT2D eigenvalue weighted by Gasteiger charge is 2.29. The summed E-state index contributed by atoms with van der Waals surface area (Å²) in [6.45, 7) is 2.96. The summed E-state index contributed by atoms with van der Waals surface area (Å²) in [6, 6.07) is 12.3. The molecule has 3 nitrogen and oxygen atoms in total. The van der Waals surface area contributed by atoms with E-state index >= 15 is 0 Å². The lowest BCUT2D eigenvalue weighted by Crippen LogP contribution is -2.24. The van der Waals surface area contributed by atoms with Crippen LogP contribution in [0.25, 0.3) is 0 Å². The predicted molar refractivity (Wildman–Crippen MR) is 90.4 cm³/mol. The van der Waals surface area contributed by atoms with Gasteiger partial charge < -0.3 is 9.30 Å². The van der Waals surface area contributed by atoms with E-state index in [-0.39, 0.29) is 11.9 Å². The Kier molecular flexibility index (Phi) is 4.12. The van der Waals surface area contributed by atoms with Crippen molar-refractivity contribution in [3.8, 4) is 0 Å². The van der Waals surface area contributed by atoms with Gasteiger partial charge in [0.2, 0.25) is 0 Å². The minimum Gasteiger partial charge on any atom is -0.469 e. The zero-order valence-electron chi connectivity index (χ0n) is 12.8. The molecule has 0 bridgehead atoms. The van der Waals surface area contributed by atoms with Crippen LogP contribution in [0.4, 0.5) is 0 Å². The molecule has 0 aliphatic carbocycles.